The van der Waals surface area contributed by atoms with E-state index in [1.54, 1.807) is 42.5 Å². The van der Waals surface area contributed by atoms with Gasteiger partial charge in [0, 0.05) is 11.5 Å². The van der Waals surface area contributed by atoms with Crippen LogP contribution in [0.5, 0.6) is 0 Å². The molecule has 1 amide bonds. The topological polar surface area (TPSA) is 80.8 Å². The summed E-state index contributed by atoms with van der Waals surface area (Å²) in [6, 6.07) is 14.6. The van der Waals surface area contributed by atoms with Crippen molar-refractivity contribution < 1.29 is 22.7 Å². The predicted molar refractivity (Wildman–Crippen MR) is 105 cm³/mol. The lowest BCUT2D eigenvalue weighted by molar-refractivity contribution is -0.136. The molecule has 2 rings (SSSR count). The van der Waals surface area contributed by atoms with Crippen LogP contribution in [0.4, 0.5) is 0 Å². The Morgan fingerprint density at radius 1 is 1.07 bits per heavy atom. The number of hydrogen-bond donors (Lipinski definition) is 0. The summed E-state index contributed by atoms with van der Waals surface area (Å²) in [6.45, 7) is 4.75. The highest BCUT2D eigenvalue weighted by molar-refractivity contribution is 7.89. The lowest BCUT2D eigenvalue weighted by Gasteiger charge is -2.20. The van der Waals surface area contributed by atoms with E-state index in [1.807, 2.05) is 6.92 Å². The van der Waals surface area contributed by atoms with Crippen LogP contribution >= 0.6 is 0 Å². The quantitative estimate of drug-likeness (QED) is 0.439. The molecule has 0 saturated heterocycles. The molecule has 0 aliphatic carbocycles. The Hall–Kier alpha value is -3.37. The highest BCUT2D eigenvalue weighted by Gasteiger charge is 2.30. The molecule has 0 spiro atoms. The summed E-state index contributed by atoms with van der Waals surface area (Å²) in [7, 11) is -3.10. The fourth-order valence-corrected chi connectivity index (χ4v) is 3.52. The third-order valence-electron chi connectivity index (χ3n) is 3.73. The van der Waals surface area contributed by atoms with Crippen LogP contribution in [0.25, 0.3) is 0 Å². The van der Waals surface area contributed by atoms with E-state index in [0.717, 1.165) is 12.7 Å². The summed E-state index contributed by atoms with van der Waals surface area (Å²) in [4.78, 5) is 24.2. The number of ether oxygens (including phenoxy) is 1. The van der Waals surface area contributed by atoms with Gasteiger partial charge in [0.2, 0.25) is 0 Å². The molecule has 0 bridgehead atoms. The number of amides is 1. The zero-order chi connectivity index (χ0) is 20.7. The Bertz CT molecular complexity index is 1050. The predicted octanol–water partition coefficient (Wildman–Crippen LogP) is 2.29. The van der Waals surface area contributed by atoms with Crippen molar-refractivity contribution in [3.05, 3.63) is 77.9 Å². The minimum atomic E-state index is -4.25. The smallest absolute Gasteiger partial charge is 0.334 e. The van der Waals surface area contributed by atoms with Crippen LogP contribution in [-0.2, 0) is 24.3 Å². The van der Waals surface area contributed by atoms with Gasteiger partial charge in [0.1, 0.15) is 0 Å². The lowest BCUT2D eigenvalue weighted by atomic mass is 10.2. The Balaban J connectivity index is 2.43. The second-order valence-electron chi connectivity index (χ2n) is 5.84. The van der Waals surface area contributed by atoms with Gasteiger partial charge in [0.15, 0.2) is 0 Å². The van der Waals surface area contributed by atoms with Crippen molar-refractivity contribution in [2.45, 2.75) is 11.8 Å². The van der Waals surface area contributed by atoms with Crippen molar-refractivity contribution >= 4 is 21.9 Å². The molecule has 0 saturated carbocycles. The molecular formula is C21H19NO5S. The van der Waals surface area contributed by atoms with Crippen LogP contribution < -0.4 is 0 Å². The standard InChI is InChI=1S/C21H19NO5S/c1-16-9-12-19(13-10-16)28(25,26)22(15-17(2)21(24)27-3)20(23)14-11-18-7-5-4-6-8-18/h4-10,12-13H,2,15H2,1,3H3. The van der Waals surface area contributed by atoms with Gasteiger partial charge in [-0.05, 0) is 31.2 Å². The first kappa shape index (κ1) is 20.9. The summed E-state index contributed by atoms with van der Waals surface area (Å²) < 4.78 is 31.0. The minimum absolute atomic E-state index is 0.0920. The minimum Gasteiger partial charge on any atom is -0.466 e. The normalized spacial score (nSPS) is 10.4. The lowest BCUT2D eigenvalue weighted by Crippen LogP contribution is -2.38. The third kappa shape index (κ3) is 5.09. The Labute approximate surface area is 164 Å². The molecule has 0 radical (unpaired) electrons. The number of rotatable bonds is 5. The molecule has 144 valence electrons. The van der Waals surface area contributed by atoms with Crippen LogP contribution in [0.2, 0.25) is 0 Å². The first-order valence-electron chi connectivity index (χ1n) is 8.22. The number of methoxy groups -OCH3 is 1. The second kappa shape index (κ2) is 9.02. The van der Waals surface area contributed by atoms with Gasteiger partial charge in [-0.2, -0.15) is 0 Å². The average molecular weight is 397 g/mol. The average Bonchev–Trinajstić information content (AvgIpc) is 2.70. The van der Waals surface area contributed by atoms with E-state index >= 15 is 0 Å². The number of sulfonamides is 1. The maximum Gasteiger partial charge on any atom is 0.334 e. The fourth-order valence-electron chi connectivity index (χ4n) is 2.20. The summed E-state index contributed by atoms with van der Waals surface area (Å²) in [5.41, 5.74) is 1.23. The van der Waals surface area contributed by atoms with Crippen LogP contribution in [0.3, 0.4) is 0 Å². The number of carbonyl (C=O) groups excluding carboxylic acids is 2. The first-order chi connectivity index (χ1) is 13.3. The SMILES string of the molecule is C=C(CN(C(=O)C#Cc1ccccc1)S(=O)(=O)c1ccc(C)cc1)C(=O)OC. The van der Waals surface area contributed by atoms with Gasteiger partial charge in [-0.15, -0.1) is 0 Å². The van der Waals surface area contributed by atoms with Gasteiger partial charge in [-0.1, -0.05) is 48.4 Å². The maximum absolute atomic E-state index is 13.0. The van der Waals surface area contributed by atoms with E-state index < -0.39 is 28.4 Å². The van der Waals surface area contributed by atoms with Crippen molar-refractivity contribution in [3.63, 3.8) is 0 Å². The summed E-state index contributed by atoms with van der Waals surface area (Å²) in [6.07, 6.45) is 0. The molecule has 0 unspecified atom stereocenters. The summed E-state index contributed by atoms with van der Waals surface area (Å²) >= 11 is 0. The molecule has 0 atom stereocenters. The fraction of sp³-hybridized carbons (Fsp3) is 0.143. The van der Waals surface area contributed by atoms with E-state index in [2.05, 4.69) is 23.2 Å². The van der Waals surface area contributed by atoms with Crippen LogP contribution in [-0.4, -0.2) is 38.3 Å². The zero-order valence-corrected chi connectivity index (χ0v) is 16.3. The van der Waals surface area contributed by atoms with Gasteiger partial charge >= 0.3 is 11.9 Å². The van der Waals surface area contributed by atoms with E-state index in [0.29, 0.717) is 9.87 Å². The monoisotopic (exact) mass is 397 g/mol. The molecule has 0 heterocycles. The van der Waals surface area contributed by atoms with Crippen molar-refractivity contribution in [3.8, 4) is 11.8 Å². The molecule has 0 aromatic heterocycles. The van der Waals surface area contributed by atoms with Gasteiger partial charge < -0.3 is 4.74 Å². The molecule has 0 aliphatic heterocycles. The molecule has 0 aliphatic rings. The number of aryl methyl sites for hydroxylation is 1. The zero-order valence-electron chi connectivity index (χ0n) is 15.5. The Morgan fingerprint density at radius 3 is 2.25 bits per heavy atom. The van der Waals surface area contributed by atoms with E-state index in [1.165, 1.54) is 12.1 Å². The highest BCUT2D eigenvalue weighted by Crippen LogP contribution is 2.18. The third-order valence-corrected chi connectivity index (χ3v) is 5.47. The van der Waals surface area contributed by atoms with Crippen molar-refractivity contribution in [1.82, 2.24) is 4.31 Å². The number of nitrogens with zero attached hydrogens (tertiary/aromatic N) is 1. The molecule has 2 aromatic carbocycles. The van der Waals surface area contributed by atoms with Crippen LogP contribution in [0, 0.1) is 18.8 Å². The number of benzene rings is 2. The van der Waals surface area contributed by atoms with E-state index in [4.69, 9.17) is 0 Å². The van der Waals surface area contributed by atoms with Crippen molar-refractivity contribution in [1.29, 1.82) is 0 Å². The molecular weight excluding hydrogens is 378 g/mol. The van der Waals surface area contributed by atoms with Crippen LogP contribution in [0.15, 0.2) is 71.6 Å². The second-order valence-corrected chi connectivity index (χ2v) is 7.70. The molecule has 28 heavy (non-hydrogen) atoms. The first-order valence-corrected chi connectivity index (χ1v) is 9.66. The van der Waals surface area contributed by atoms with Crippen molar-refractivity contribution in [2.75, 3.05) is 13.7 Å². The van der Waals surface area contributed by atoms with Gasteiger partial charge in [-0.25, -0.2) is 17.5 Å². The Morgan fingerprint density at radius 2 is 1.68 bits per heavy atom. The summed E-state index contributed by atoms with van der Waals surface area (Å²) in [5.74, 6) is 3.15. The van der Waals surface area contributed by atoms with E-state index in [-0.39, 0.29) is 10.5 Å². The number of carbonyl (C=O) groups is 2. The Kier molecular flexibility index (Phi) is 6.74. The molecule has 0 fully saturated rings. The maximum atomic E-state index is 13.0. The van der Waals surface area contributed by atoms with E-state index in [9.17, 15) is 18.0 Å². The molecule has 0 N–H and O–H groups in total. The number of esters is 1. The summed E-state index contributed by atoms with van der Waals surface area (Å²) in [5, 5.41) is 0. The van der Waals surface area contributed by atoms with Crippen molar-refractivity contribution in [2.24, 2.45) is 0 Å². The molecule has 7 heteroatoms. The van der Waals surface area contributed by atoms with Gasteiger partial charge in [0.05, 0.1) is 24.1 Å². The van der Waals surface area contributed by atoms with Crippen LogP contribution in [0.1, 0.15) is 11.1 Å². The molecule has 6 nitrogen and oxygen atoms in total. The highest BCUT2D eigenvalue weighted by atomic mass is 32.2. The molecule has 2 aromatic rings. The van der Waals surface area contributed by atoms with Gasteiger partial charge in [-0.3, -0.25) is 4.79 Å². The largest absolute Gasteiger partial charge is 0.466 e. The number of hydrogen-bond acceptors (Lipinski definition) is 5. The van der Waals surface area contributed by atoms with Gasteiger partial charge in [0.25, 0.3) is 10.0 Å².